The topological polar surface area (TPSA) is 40.7 Å². The summed E-state index contributed by atoms with van der Waals surface area (Å²) in [7, 11) is 0. The fourth-order valence-corrected chi connectivity index (χ4v) is 2.76. The Labute approximate surface area is 97.0 Å². The van der Waals surface area contributed by atoms with E-state index in [0.717, 1.165) is 18.3 Å². The van der Waals surface area contributed by atoms with Crippen LogP contribution in [0.25, 0.3) is 0 Å². The van der Waals surface area contributed by atoms with Crippen LogP contribution in [0.15, 0.2) is 0 Å². The minimum Gasteiger partial charge on any atom is -0.346 e. The first-order chi connectivity index (χ1) is 7.83. The highest BCUT2D eigenvalue weighted by atomic mass is 14.9. The third kappa shape index (κ3) is 2.14. The second-order valence-electron chi connectivity index (χ2n) is 5.38. The van der Waals surface area contributed by atoms with Crippen molar-refractivity contribution in [3.05, 3.63) is 17.2 Å². The van der Waals surface area contributed by atoms with Crippen LogP contribution in [0.4, 0.5) is 0 Å². The predicted molar refractivity (Wildman–Crippen MR) is 64.6 cm³/mol. The van der Waals surface area contributed by atoms with Crippen LogP contribution >= 0.6 is 0 Å². The summed E-state index contributed by atoms with van der Waals surface area (Å²) in [5.41, 5.74) is 2.65. The van der Waals surface area contributed by atoms with Gasteiger partial charge in [0.05, 0.1) is 5.69 Å². The molecule has 88 valence electrons. The minimum absolute atomic E-state index is 0.773. The van der Waals surface area contributed by atoms with E-state index in [4.69, 9.17) is 4.98 Å². The predicted octanol–water partition coefficient (Wildman–Crippen LogP) is 2.14. The van der Waals surface area contributed by atoms with Gasteiger partial charge in [0, 0.05) is 18.0 Å². The molecule has 1 saturated heterocycles. The number of imidazole rings is 1. The van der Waals surface area contributed by atoms with Gasteiger partial charge in [-0.1, -0.05) is 0 Å². The summed E-state index contributed by atoms with van der Waals surface area (Å²) in [4.78, 5) is 8.26. The van der Waals surface area contributed by atoms with E-state index < -0.39 is 0 Å². The fraction of sp³-hybridized carbons (Fsp3) is 0.769. The molecule has 2 N–H and O–H groups in total. The van der Waals surface area contributed by atoms with Crippen molar-refractivity contribution in [3.63, 3.8) is 0 Å². The van der Waals surface area contributed by atoms with Crippen molar-refractivity contribution in [3.8, 4) is 0 Å². The van der Waals surface area contributed by atoms with E-state index in [0.29, 0.717) is 0 Å². The van der Waals surface area contributed by atoms with E-state index >= 15 is 0 Å². The van der Waals surface area contributed by atoms with Gasteiger partial charge in [-0.3, -0.25) is 0 Å². The zero-order valence-corrected chi connectivity index (χ0v) is 10.1. The molecule has 0 bridgehead atoms. The van der Waals surface area contributed by atoms with Gasteiger partial charge in [-0.2, -0.15) is 0 Å². The number of rotatable bonds is 3. The summed E-state index contributed by atoms with van der Waals surface area (Å²) in [6.45, 7) is 4.53. The first-order valence-electron chi connectivity index (χ1n) is 6.59. The summed E-state index contributed by atoms with van der Waals surface area (Å²) in [5, 5.41) is 3.47. The summed E-state index contributed by atoms with van der Waals surface area (Å²) < 4.78 is 0. The normalized spacial score (nSPS) is 25.9. The molecule has 2 fully saturated rings. The largest absolute Gasteiger partial charge is 0.346 e. The standard InChI is InChI=1S/C13H21N3/c1-9-13(11-4-5-11)16-12(15-9)7-10-3-2-6-14-8-10/h10-11,14H,2-8H2,1H3,(H,15,16). The maximum absolute atomic E-state index is 4.78. The lowest BCUT2D eigenvalue weighted by molar-refractivity contribution is 0.371. The lowest BCUT2D eigenvalue weighted by Crippen LogP contribution is -2.31. The first kappa shape index (κ1) is 10.3. The van der Waals surface area contributed by atoms with Crippen LogP contribution in [-0.2, 0) is 6.42 Å². The molecule has 2 aliphatic rings. The number of nitrogens with zero attached hydrogens (tertiary/aromatic N) is 1. The van der Waals surface area contributed by atoms with Gasteiger partial charge in [0.2, 0.25) is 0 Å². The van der Waals surface area contributed by atoms with Crippen LogP contribution in [0, 0.1) is 12.8 Å². The molecule has 0 aromatic carbocycles. The Morgan fingerprint density at radius 3 is 2.88 bits per heavy atom. The molecular weight excluding hydrogens is 198 g/mol. The van der Waals surface area contributed by atoms with Crippen LogP contribution in [0.2, 0.25) is 0 Å². The lowest BCUT2D eigenvalue weighted by atomic mass is 9.96. The summed E-state index contributed by atoms with van der Waals surface area (Å²) >= 11 is 0. The Kier molecular flexibility index (Phi) is 2.72. The Bertz CT molecular complexity index is 359. The average molecular weight is 219 g/mol. The van der Waals surface area contributed by atoms with Crippen molar-refractivity contribution >= 4 is 0 Å². The summed E-state index contributed by atoms with van der Waals surface area (Å²) in [5.74, 6) is 2.77. The highest BCUT2D eigenvalue weighted by Gasteiger charge is 2.28. The van der Waals surface area contributed by atoms with Gasteiger partial charge in [-0.05, 0) is 51.6 Å². The van der Waals surface area contributed by atoms with Gasteiger partial charge in [-0.25, -0.2) is 4.98 Å². The van der Waals surface area contributed by atoms with Gasteiger partial charge in [0.25, 0.3) is 0 Å². The average Bonchev–Trinajstić information content (AvgIpc) is 3.06. The molecule has 0 radical (unpaired) electrons. The summed E-state index contributed by atoms with van der Waals surface area (Å²) in [6, 6.07) is 0. The first-order valence-corrected chi connectivity index (χ1v) is 6.59. The maximum atomic E-state index is 4.78. The van der Waals surface area contributed by atoms with Gasteiger partial charge in [0.1, 0.15) is 5.82 Å². The van der Waals surface area contributed by atoms with Gasteiger partial charge >= 0.3 is 0 Å². The summed E-state index contributed by atoms with van der Waals surface area (Å²) in [6.07, 6.45) is 6.48. The molecule has 1 unspecified atom stereocenters. The molecule has 2 heterocycles. The van der Waals surface area contributed by atoms with Crippen molar-refractivity contribution in [2.75, 3.05) is 13.1 Å². The molecule has 1 aromatic rings. The number of H-pyrrole nitrogens is 1. The highest BCUT2D eigenvalue weighted by molar-refractivity contribution is 5.22. The van der Waals surface area contributed by atoms with Crippen molar-refractivity contribution in [2.45, 2.75) is 44.9 Å². The van der Waals surface area contributed by atoms with Crippen LogP contribution in [-0.4, -0.2) is 23.1 Å². The monoisotopic (exact) mass is 219 g/mol. The molecule has 0 amide bonds. The second kappa shape index (κ2) is 4.21. The number of aromatic amines is 1. The molecule has 1 saturated carbocycles. The van der Waals surface area contributed by atoms with E-state index in [-0.39, 0.29) is 0 Å². The molecule has 1 aliphatic carbocycles. The third-order valence-corrected chi connectivity index (χ3v) is 3.82. The maximum Gasteiger partial charge on any atom is 0.106 e. The van der Waals surface area contributed by atoms with Crippen molar-refractivity contribution in [1.82, 2.24) is 15.3 Å². The van der Waals surface area contributed by atoms with Crippen LogP contribution in [0.1, 0.15) is 48.8 Å². The zero-order valence-electron chi connectivity index (χ0n) is 10.1. The lowest BCUT2D eigenvalue weighted by Gasteiger charge is -2.21. The molecule has 3 nitrogen and oxygen atoms in total. The van der Waals surface area contributed by atoms with Crippen molar-refractivity contribution in [2.24, 2.45) is 5.92 Å². The molecule has 0 spiro atoms. The smallest absolute Gasteiger partial charge is 0.106 e. The Morgan fingerprint density at radius 1 is 1.31 bits per heavy atom. The van der Waals surface area contributed by atoms with Crippen molar-refractivity contribution < 1.29 is 0 Å². The van der Waals surface area contributed by atoms with Gasteiger partial charge < -0.3 is 10.3 Å². The number of aromatic nitrogens is 2. The van der Waals surface area contributed by atoms with Crippen LogP contribution in [0.5, 0.6) is 0 Å². The number of hydrogen-bond donors (Lipinski definition) is 2. The Balaban J connectivity index is 1.66. The number of nitrogens with one attached hydrogen (secondary N) is 2. The SMILES string of the molecule is Cc1[nH]c(CC2CCCNC2)nc1C1CC1. The molecule has 3 heteroatoms. The van der Waals surface area contributed by atoms with E-state index in [1.807, 2.05) is 0 Å². The Morgan fingerprint density at radius 2 is 2.19 bits per heavy atom. The van der Waals surface area contributed by atoms with E-state index in [2.05, 4.69) is 17.2 Å². The molecular formula is C13H21N3. The van der Waals surface area contributed by atoms with Crippen molar-refractivity contribution in [1.29, 1.82) is 0 Å². The molecule has 16 heavy (non-hydrogen) atoms. The Hall–Kier alpha value is -0.830. The number of piperidine rings is 1. The molecule has 1 aromatic heterocycles. The second-order valence-corrected chi connectivity index (χ2v) is 5.38. The van der Waals surface area contributed by atoms with Crippen LogP contribution in [0.3, 0.4) is 0 Å². The number of aryl methyl sites for hydroxylation is 1. The third-order valence-electron chi connectivity index (χ3n) is 3.82. The minimum atomic E-state index is 0.773. The van der Waals surface area contributed by atoms with E-state index in [1.54, 1.807) is 0 Å². The molecule has 1 atom stereocenters. The van der Waals surface area contributed by atoms with Gasteiger partial charge in [0.15, 0.2) is 0 Å². The van der Waals surface area contributed by atoms with Gasteiger partial charge in [-0.15, -0.1) is 0 Å². The zero-order chi connectivity index (χ0) is 11.0. The number of hydrogen-bond acceptors (Lipinski definition) is 2. The van der Waals surface area contributed by atoms with E-state index in [9.17, 15) is 0 Å². The van der Waals surface area contributed by atoms with Crippen LogP contribution < -0.4 is 5.32 Å². The quantitative estimate of drug-likeness (QED) is 0.817. The highest BCUT2D eigenvalue weighted by Crippen LogP contribution is 2.40. The fourth-order valence-electron chi connectivity index (χ4n) is 2.76. The molecule has 3 rings (SSSR count). The van der Waals surface area contributed by atoms with E-state index in [1.165, 1.54) is 56.0 Å². The molecule has 1 aliphatic heterocycles.